The molecule has 1 aliphatic carbocycles. The molecular weight excluding hydrogens is 196 g/mol. The van der Waals surface area contributed by atoms with Crippen LogP contribution in [0.4, 0.5) is 0 Å². The van der Waals surface area contributed by atoms with Gasteiger partial charge in [-0.3, -0.25) is 0 Å². The van der Waals surface area contributed by atoms with Crippen molar-refractivity contribution < 1.29 is 4.74 Å². The van der Waals surface area contributed by atoms with Crippen molar-refractivity contribution in [3.63, 3.8) is 0 Å². The van der Waals surface area contributed by atoms with E-state index in [9.17, 15) is 0 Å². The van der Waals surface area contributed by atoms with Crippen molar-refractivity contribution in [1.82, 2.24) is 0 Å². The van der Waals surface area contributed by atoms with E-state index in [1.165, 1.54) is 31.2 Å². The van der Waals surface area contributed by atoms with E-state index < -0.39 is 0 Å². The lowest BCUT2D eigenvalue weighted by atomic mass is 10.1. The van der Waals surface area contributed by atoms with Crippen LogP contribution in [0.25, 0.3) is 0 Å². The van der Waals surface area contributed by atoms with Crippen molar-refractivity contribution in [1.29, 1.82) is 0 Å². The van der Waals surface area contributed by atoms with Crippen molar-refractivity contribution in [2.24, 2.45) is 5.92 Å². The molecule has 0 aliphatic heterocycles. The highest BCUT2D eigenvalue weighted by atomic mass is 16.5. The summed E-state index contributed by atoms with van der Waals surface area (Å²) in [5, 5.41) is 0. The van der Waals surface area contributed by atoms with E-state index in [0.717, 1.165) is 32.0 Å². The molecule has 16 heavy (non-hydrogen) atoms. The van der Waals surface area contributed by atoms with Gasteiger partial charge in [0, 0.05) is 13.2 Å². The molecule has 1 heteroatoms. The SMILES string of the molecule is c1ccc(CCCOCCCC2CC2)cc1. The summed E-state index contributed by atoms with van der Waals surface area (Å²) in [5.74, 6) is 1.05. The molecule has 0 atom stereocenters. The molecule has 1 aliphatic rings. The molecule has 1 aromatic rings. The molecule has 0 radical (unpaired) electrons. The summed E-state index contributed by atoms with van der Waals surface area (Å²) in [5.41, 5.74) is 1.42. The van der Waals surface area contributed by atoms with Crippen LogP contribution in [0.3, 0.4) is 0 Å². The number of rotatable bonds is 8. The van der Waals surface area contributed by atoms with E-state index in [-0.39, 0.29) is 0 Å². The van der Waals surface area contributed by atoms with Crippen LogP contribution >= 0.6 is 0 Å². The Kier molecular flexibility index (Phi) is 4.88. The van der Waals surface area contributed by atoms with Crippen LogP contribution in [0.5, 0.6) is 0 Å². The molecule has 0 saturated heterocycles. The third-order valence-corrected chi connectivity index (χ3v) is 3.19. The Morgan fingerprint density at radius 1 is 1.00 bits per heavy atom. The topological polar surface area (TPSA) is 9.23 Å². The molecule has 0 heterocycles. The highest BCUT2D eigenvalue weighted by Gasteiger charge is 2.19. The van der Waals surface area contributed by atoms with Gasteiger partial charge >= 0.3 is 0 Å². The molecule has 1 aromatic carbocycles. The number of hydrogen-bond acceptors (Lipinski definition) is 1. The first kappa shape index (κ1) is 11.7. The normalized spacial score (nSPS) is 15.2. The first-order chi connectivity index (χ1) is 7.95. The van der Waals surface area contributed by atoms with Gasteiger partial charge in [0.2, 0.25) is 0 Å². The van der Waals surface area contributed by atoms with E-state index in [4.69, 9.17) is 4.74 Å². The molecule has 1 saturated carbocycles. The van der Waals surface area contributed by atoms with Crippen LogP contribution in [0.1, 0.15) is 37.7 Å². The van der Waals surface area contributed by atoms with Gasteiger partial charge in [-0.2, -0.15) is 0 Å². The summed E-state index contributed by atoms with van der Waals surface area (Å²) in [6.45, 7) is 1.88. The Labute approximate surface area is 98.8 Å². The predicted octanol–water partition coefficient (Wildman–Crippen LogP) is 3.83. The van der Waals surface area contributed by atoms with Crippen molar-refractivity contribution in [2.45, 2.75) is 38.5 Å². The van der Waals surface area contributed by atoms with Gasteiger partial charge in [0.05, 0.1) is 0 Å². The van der Waals surface area contributed by atoms with Crippen LogP contribution in [0, 0.1) is 5.92 Å². The number of ether oxygens (including phenoxy) is 1. The molecule has 2 rings (SSSR count). The van der Waals surface area contributed by atoms with E-state index in [0.29, 0.717) is 0 Å². The molecule has 1 nitrogen and oxygen atoms in total. The molecule has 0 spiro atoms. The van der Waals surface area contributed by atoms with Gasteiger partial charge in [-0.15, -0.1) is 0 Å². The smallest absolute Gasteiger partial charge is 0.0469 e. The first-order valence-electron chi connectivity index (χ1n) is 6.57. The second-order valence-corrected chi connectivity index (χ2v) is 4.79. The lowest BCUT2D eigenvalue weighted by Crippen LogP contribution is -1.99. The van der Waals surface area contributed by atoms with E-state index >= 15 is 0 Å². The fourth-order valence-electron chi connectivity index (χ4n) is 2.01. The van der Waals surface area contributed by atoms with Gasteiger partial charge in [0.25, 0.3) is 0 Å². The minimum atomic E-state index is 0.916. The largest absolute Gasteiger partial charge is 0.381 e. The highest BCUT2D eigenvalue weighted by Crippen LogP contribution is 2.33. The Bertz CT molecular complexity index is 277. The maximum atomic E-state index is 5.63. The summed E-state index contributed by atoms with van der Waals surface area (Å²) in [4.78, 5) is 0. The molecule has 88 valence electrons. The lowest BCUT2D eigenvalue weighted by Gasteiger charge is -2.04. The number of hydrogen-bond donors (Lipinski definition) is 0. The van der Waals surface area contributed by atoms with Crippen molar-refractivity contribution in [3.8, 4) is 0 Å². The van der Waals surface area contributed by atoms with Gasteiger partial charge < -0.3 is 4.74 Å². The highest BCUT2D eigenvalue weighted by molar-refractivity contribution is 5.14. The van der Waals surface area contributed by atoms with Gasteiger partial charge in [0.15, 0.2) is 0 Å². The summed E-state index contributed by atoms with van der Waals surface area (Å²) in [6.07, 6.45) is 7.87. The lowest BCUT2D eigenvalue weighted by molar-refractivity contribution is 0.127. The zero-order chi connectivity index (χ0) is 11.1. The Balaban J connectivity index is 1.42. The van der Waals surface area contributed by atoms with Gasteiger partial charge in [-0.25, -0.2) is 0 Å². The van der Waals surface area contributed by atoms with Crippen LogP contribution in [0.2, 0.25) is 0 Å². The van der Waals surface area contributed by atoms with E-state index in [1.54, 1.807) is 0 Å². The third-order valence-electron chi connectivity index (χ3n) is 3.19. The third kappa shape index (κ3) is 4.80. The standard InChI is InChI=1S/C15H22O/c1-2-6-14(7-3-1)8-4-12-16-13-5-9-15-10-11-15/h1-3,6-7,15H,4-5,8-13H2. The molecule has 0 N–H and O–H groups in total. The summed E-state index contributed by atoms with van der Waals surface area (Å²) >= 11 is 0. The molecular formula is C15H22O. The fraction of sp³-hybridized carbons (Fsp3) is 0.600. The molecule has 0 amide bonds. The van der Waals surface area contributed by atoms with Gasteiger partial charge in [-0.05, 0) is 37.2 Å². The Morgan fingerprint density at radius 2 is 1.75 bits per heavy atom. The van der Waals surface area contributed by atoms with E-state index in [1.807, 2.05) is 0 Å². The molecule has 0 bridgehead atoms. The summed E-state index contributed by atoms with van der Waals surface area (Å²) in [7, 11) is 0. The van der Waals surface area contributed by atoms with Crippen LogP contribution in [-0.4, -0.2) is 13.2 Å². The second-order valence-electron chi connectivity index (χ2n) is 4.79. The fourth-order valence-corrected chi connectivity index (χ4v) is 2.01. The van der Waals surface area contributed by atoms with Crippen molar-refractivity contribution >= 4 is 0 Å². The zero-order valence-corrected chi connectivity index (χ0v) is 10.0. The molecule has 1 fully saturated rings. The van der Waals surface area contributed by atoms with Crippen molar-refractivity contribution in [2.75, 3.05) is 13.2 Å². The molecule has 0 aromatic heterocycles. The Hall–Kier alpha value is -0.820. The van der Waals surface area contributed by atoms with Crippen LogP contribution in [0.15, 0.2) is 30.3 Å². The summed E-state index contributed by atoms with van der Waals surface area (Å²) in [6, 6.07) is 10.6. The van der Waals surface area contributed by atoms with Gasteiger partial charge in [-0.1, -0.05) is 43.2 Å². The maximum Gasteiger partial charge on any atom is 0.0469 e. The monoisotopic (exact) mass is 218 g/mol. The predicted molar refractivity (Wildman–Crippen MR) is 67.5 cm³/mol. The Morgan fingerprint density at radius 3 is 2.50 bits per heavy atom. The van der Waals surface area contributed by atoms with Crippen LogP contribution < -0.4 is 0 Å². The van der Waals surface area contributed by atoms with Gasteiger partial charge in [0.1, 0.15) is 0 Å². The van der Waals surface area contributed by atoms with E-state index in [2.05, 4.69) is 30.3 Å². The zero-order valence-electron chi connectivity index (χ0n) is 10.0. The minimum absolute atomic E-state index is 0.916. The average molecular weight is 218 g/mol. The maximum absolute atomic E-state index is 5.63. The van der Waals surface area contributed by atoms with Crippen LogP contribution in [-0.2, 0) is 11.2 Å². The quantitative estimate of drug-likeness (QED) is 0.603. The number of aryl methyl sites for hydroxylation is 1. The minimum Gasteiger partial charge on any atom is -0.381 e. The first-order valence-corrected chi connectivity index (χ1v) is 6.57. The summed E-state index contributed by atoms with van der Waals surface area (Å²) < 4.78 is 5.63. The molecule has 0 unspecified atom stereocenters. The van der Waals surface area contributed by atoms with Crippen molar-refractivity contribution in [3.05, 3.63) is 35.9 Å². The average Bonchev–Trinajstić information content (AvgIpc) is 3.13. The number of benzene rings is 1. The second kappa shape index (κ2) is 6.70.